The summed E-state index contributed by atoms with van der Waals surface area (Å²) in [7, 11) is 0. The number of nitrogens with zero attached hydrogens (tertiary/aromatic N) is 2. The van der Waals surface area contributed by atoms with E-state index in [1.54, 1.807) is 12.4 Å². The van der Waals surface area contributed by atoms with Crippen LogP contribution in [0.5, 0.6) is 0 Å². The molecule has 0 aromatic carbocycles. The van der Waals surface area contributed by atoms with Gasteiger partial charge in [-0.3, -0.25) is 24.0 Å². The Kier molecular flexibility index (Phi) is 25.3. The Balaban J connectivity index is 5.34. The van der Waals surface area contributed by atoms with Crippen molar-refractivity contribution >= 4 is 53.9 Å². The summed E-state index contributed by atoms with van der Waals surface area (Å²) in [6.45, 7) is 4.21. The number of carboxylic acid groups (broad SMARTS) is 2. The van der Waals surface area contributed by atoms with Crippen LogP contribution in [0.4, 0.5) is 0 Å². The van der Waals surface area contributed by atoms with E-state index in [1.807, 2.05) is 0 Å². The van der Waals surface area contributed by atoms with Gasteiger partial charge < -0.3 is 26.2 Å². The van der Waals surface area contributed by atoms with E-state index in [-0.39, 0.29) is 38.6 Å². The molecule has 0 unspecified atom stereocenters. The third-order valence-electron chi connectivity index (χ3n) is 6.93. The Morgan fingerprint density at radius 3 is 1.68 bits per heavy atom. The molecule has 16 nitrogen and oxygen atoms in total. The van der Waals surface area contributed by atoms with Gasteiger partial charge in [0.1, 0.15) is 12.1 Å². The first-order chi connectivity index (χ1) is 22.5. The maximum Gasteiger partial charge on any atom is 0.394 e. The molecule has 0 rings (SSSR count). The molecular formula is C31H53N7O9. The Morgan fingerprint density at radius 2 is 1.13 bits per heavy atom. The van der Waals surface area contributed by atoms with Crippen LogP contribution in [0.2, 0.25) is 0 Å². The molecule has 7 N–H and O–H groups in total. The topological polar surface area (TPSA) is 245 Å². The van der Waals surface area contributed by atoms with Crippen molar-refractivity contribution in [1.29, 1.82) is 0 Å². The molecule has 0 saturated carbocycles. The van der Waals surface area contributed by atoms with E-state index >= 15 is 0 Å². The summed E-state index contributed by atoms with van der Waals surface area (Å²) in [5.74, 6) is -8.23. The number of hydrogen-bond acceptors (Lipinski definition) is 9. The summed E-state index contributed by atoms with van der Waals surface area (Å²) in [6.07, 6.45) is 15.2. The van der Waals surface area contributed by atoms with Gasteiger partial charge in [0.15, 0.2) is 0 Å². The summed E-state index contributed by atoms with van der Waals surface area (Å²) in [6, 6.07) is -2.65. The first-order valence-corrected chi connectivity index (χ1v) is 16.5. The highest BCUT2D eigenvalue weighted by molar-refractivity contribution is 6.32. The SMILES string of the molecule is CCCCCCC/C=N/NC(=O)CC[C@H](NC(=O)[C@H](CCCCNC(=O)C(=O)O)NC(=O)C(=O)O)C(=O)N/N=C/CCCCCCC. The lowest BCUT2D eigenvalue weighted by atomic mass is 10.1. The molecule has 0 aliphatic rings. The average molecular weight is 668 g/mol. The fourth-order valence-corrected chi connectivity index (χ4v) is 4.22. The minimum absolute atomic E-state index is 0.0373. The highest BCUT2D eigenvalue weighted by Crippen LogP contribution is 2.07. The fourth-order valence-electron chi connectivity index (χ4n) is 4.22. The number of hydrogen-bond donors (Lipinski definition) is 7. The molecule has 0 aliphatic heterocycles. The Hall–Kier alpha value is -4.37. The van der Waals surface area contributed by atoms with Crippen molar-refractivity contribution < 1.29 is 43.8 Å². The van der Waals surface area contributed by atoms with E-state index in [1.165, 1.54) is 6.42 Å². The average Bonchev–Trinajstić information content (AvgIpc) is 3.04. The van der Waals surface area contributed by atoms with Gasteiger partial charge >= 0.3 is 23.8 Å². The Morgan fingerprint density at radius 1 is 0.596 bits per heavy atom. The minimum atomic E-state index is -1.83. The first kappa shape index (κ1) is 42.6. The molecule has 0 aromatic rings. The van der Waals surface area contributed by atoms with E-state index in [0.29, 0.717) is 12.8 Å². The lowest BCUT2D eigenvalue weighted by Gasteiger charge is -2.22. The van der Waals surface area contributed by atoms with E-state index in [0.717, 1.165) is 57.8 Å². The number of carbonyl (C=O) groups is 7. The fraction of sp³-hybridized carbons (Fsp3) is 0.710. The standard InChI is InChI=1S/C31H53N7O9/c1-3-5-7-9-11-14-21-33-37-25(39)19-18-24(27(41)38-34-22-15-12-10-8-6-4-2)35-26(40)23(36-29(43)31(46)47)17-13-16-20-32-28(42)30(44)45/h21-24H,3-20H2,1-2H3,(H,32,42)(H,35,40)(H,36,43)(H,37,39)(H,38,41)(H,44,45)(H,46,47)/b33-21+,34-22+/t23-,24-/m0/s1. The highest BCUT2D eigenvalue weighted by atomic mass is 16.4. The monoisotopic (exact) mass is 667 g/mol. The minimum Gasteiger partial charge on any atom is -0.474 e. The zero-order chi connectivity index (χ0) is 35.3. The molecule has 47 heavy (non-hydrogen) atoms. The summed E-state index contributed by atoms with van der Waals surface area (Å²) >= 11 is 0. The molecule has 0 spiro atoms. The van der Waals surface area contributed by atoms with Gasteiger partial charge in [0.2, 0.25) is 11.8 Å². The van der Waals surface area contributed by atoms with Crippen molar-refractivity contribution in [2.24, 2.45) is 10.2 Å². The van der Waals surface area contributed by atoms with Crippen molar-refractivity contribution in [1.82, 2.24) is 26.8 Å². The molecule has 16 heteroatoms. The van der Waals surface area contributed by atoms with E-state index in [9.17, 15) is 33.6 Å². The third-order valence-corrected chi connectivity index (χ3v) is 6.93. The van der Waals surface area contributed by atoms with Crippen LogP contribution in [-0.2, 0) is 33.6 Å². The molecule has 0 aliphatic carbocycles. The number of rotatable bonds is 26. The van der Waals surface area contributed by atoms with Crippen molar-refractivity contribution in [2.45, 2.75) is 135 Å². The second-order valence-corrected chi connectivity index (χ2v) is 11.0. The number of nitrogens with one attached hydrogen (secondary N) is 5. The lowest BCUT2D eigenvalue weighted by molar-refractivity contribution is -0.151. The third kappa shape index (κ3) is 23.6. The van der Waals surface area contributed by atoms with Gasteiger partial charge in [-0.2, -0.15) is 10.2 Å². The van der Waals surface area contributed by atoms with E-state index < -0.39 is 53.6 Å². The van der Waals surface area contributed by atoms with Crippen LogP contribution in [0.3, 0.4) is 0 Å². The zero-order valence-electron chi connectivity index (χ0n) is 27.7. The van der Waals surface area contributed by atoms with Crippen molar-refractivity contribution in [3.63, 3.8) is 0 Å². The van der Waals surface area contributed by atoms with Crippen LogP contribution in [-0.4, -0.2) is 82.7 Å². The van der Waals surface area contributed by atoms with Crippen LogP contribution < -0.4 is 26.8 Å². The van der Waals surface area contributed by atoms with Gasteiger partial charge in [0.05, 0.1) is 0 Å². The number of aliphatic carboxylic acids is 2. The van der Waals surface area contributed by atoms with Gasteiger partial charge in [-0.1, -0.05) is 65.2 Å². The van der Waals surface area contributed by atoms with Crippen LogP contribution in [0, 0.1) is 0 Å². The summed E-state index contributed by atoms with van der Waals surface area (Å²) in [5.41, 5.74) is 4.75. The predicted octanol–water partition coefficient (Wildman–Crippen LogP) is 2.12. The van der Waals surface area contributed by atoms with Crippen LogP contribution in [0.1, 0.15) is 123 Å². The highest BCUT2D eigenvalue weighted by Gasteiger charge is 2.28. The molecule has 5 amide bonds. The number of carbonyl (C=O) groups excluding carboxylic acids is 5. The number of hydrazone groups is 2. The molecule has 0 bridgehead atoms. The second kappa shape index (κ2) is 27.9. The molecule has 2 atom stereocenters. The van der Waals surface area contributed by atoms with Crippen LogP contribution in [0.15, 0.2) is 10.2 Å². The molecule has 0 aromatic heterocycles. The largest absolute Gasteiger partial charge is 0.474 e. The Bertz CT molecular complexity index is 1050. The zero-order valence-corrected chi connectivity index (χ0v) is 27.7. The van der Waals surface area contributed by atoms with Gasteiger partial charge in [-0.25, -0.2) is 20.4 Å². The summed E-state index contributed by atoms with van der Waals surface area (Å²) < 4.78 is 0. The first-order valence-electron chi connectivity index (χ1n) is 16.5. The van der Waals surface area contributed by atoms with Crippen LogP contribution >= 0.6 is 0 Å². The summed E-state index contributed by atoms with van der Waals surface area (Å²) in [4.78, 5) is 83.3. The van der Waals surface area contributed by atoms with Crippen molar-refractivity contribution in [3.8, 4) is 0 Å². The molecule has 266 valence electrons. The smallest absolute Gasteiger partial charge is 0.394 e. The van der Waals surface area contributed by atoms with Crippen molar-refractivity contribution in [3.05, 3.63) is 0 Å². The molecule has 0 fully saturated rings. The summed E-state index contributed by atoms with van der Waals surface area (Å²) in [5, 5.41) is 32.2. The maximum atomic E-state index is 13.2. The molecular weight excluding hydrogens is 614 g/mol. The van der Waals surface area contributed by atoms with E-state index in [4.69, 9.17) is 10.2 Å². The number of amides is 5. The van der Waals surface area contributed by atoms with Gasteiger partial charge in [0.25, 0.3) is 5.91 Å². The second-order valence-electron chi connectivity index (χ2n) is 11.0. The number of unbranched alkanes of at least 4 members (excludes halogenated alkanes) is 11. The lowest BCUT2D eigenvalue weighted by Crippen LogP contribution is -2.54. The van der Waals surface area contributed by atoms with E-state index in [2.05, 4.69) is 50.9 Å². The Labute approximate surface area is 276 Å². The van der Waals surface area contributed by atoms with Gasteiger partial charge in [-0.15, -0.1) is 0 Å². The van der Waals surface area contributed by atoms with Crippen LogP contribution in [0.25, 0.3) is 0 Å². The number of carboxylic acids is 2. The van der Waals surface area contributed by atoms with Crippen molar-refractivity contribution in [2.75, 3.05) is 6.54 Å². The van der Waals surface area contributed by atoms with Gasteiger partial charge in [0, 0.05) is 25.4 Å². The molecule has 0 saturated heterocycles. The maximum absolute atomic E-state index is 13.2. The normalized spacial score (nSPS) is 12.3. The predicted molar refractivity (Wildman–Crippen MR) is 175 cm³/mol. The van der Waals surface area contributed by atoms with Gasteiger partial charge in [-0.05, 0) is 51.4 Å². The quantitative estimate of drug-likeness (QED) is 0.0309. The molecule has 0 heterocycles. The molecule has 0 radical (unpaired) electrons.